The fourth-order valence-corrected chi connectivity index (χ4v) is 12.6. The Labute approximate surface area is 474 Å². The largest absolute Gasteiger partial charge is 0.455 e. The van der Waals surface area contributed by atoms with Gasteiger partial charge in [-0.05, 0) is 105 Å². The smallest absolute Gasteiger partial charge is 0.144 e. The number of rotatable bonds is 10. The molecule has 0 bridgehead atoms. The van der Waals surface area contributed by atoms with E-state index in [1.54, 1.807) is 0 Å². The fourth-order valence-electron chi connectivity index (χ4n) is 12.6. The third-order valence-electron chi connectivity index (χ3n) is 16.4. The lowest BCUT2D eigenvalue weighted by Crippen LogP contribution is -2.12. The Hall–Kier alpha value is -10.9. The molecule has 0 aliphatic carbocycles. The molecule has 82 heavy (non-hydrogen) atoms. The third-order valence-corrected chi connectivity index (χ3v) is 16.4. The molecule has 0 atom stereocenters. The minimum absolute atomic E-state index is 0.778. The van der Waals surface area contributed by atoms with E-state index >= 15 is 0 Å². The summed E-state index contributed by atoms with van der Waals surface area (Å²) < 4.78 is 15.1. The molecular formula is C78H50N2O2. The van der Waals surface area contributed by atoms with Crippen molar-refractivity contribution in [3.63, 3.8) is 0 Å². The van der Waals surface area contributed by atoms with Crippen molar-refractivity contribution in [2.75, 3.05) is 9.80 Å². The van der Waals surface area contributed by atoms with Gasteiger partial charge in [-0.3, -0.25) is 0 Å². The van der Waals surface area contributed by atoms with Gasteiger partial charge < -0.3 is 18.6 Å². The van der Waals surface area contributed by atoms with Crippen LogP contribution in [0.5, 0.6) is 0 Å². The molecule has 0 N–H and O–H groups in total. The first-order valence-corrected chi connectivity index (χ1v) is 28.0. The number of benzene rings is 14. The van der Waals surface area contributed by atoms with Crippen molar-refractivity contribution >= 4 is 110 Å². The summed E-state index contributed by atoms with van der Waals surface area (Å²) >= 11 is 0. The third kappa shape index (κ3) is 7.84. The molecule has 384 valence electrons. The van der Waals surface area contributed by atoms with E-state index in [1.165, 1.54) is 22.1 Å². The van der Waals surface area contributed by atoms with E-state index in [4.69, 9.17) is 8.83 Å². The summed E-state index contributed by atoms with van der Waals surface area (Å²) in [5, 5.41) is 10.6. The van der Waals surface area contributed by atoms with Gasteiger partial charge >= 0.3 is 0 Å². The molecule has 2 heterocycles. The van der Waals surface area contributed by atoms with E-state index in [2.05, 4.69) is 313 Å². The Morgan fingerprint density at radius 2 is 0.659 bits per heavy atom. The van der Waals surface area contributed by atoms with Crippen molar-refractivity contribution in [2.45, 2.75) is 0 Å². The lowest BCUT2D eigenvalue weighted by Gasteiger charge is -2.30. The topological polar surface area (TPSA) is 32.8 Å². The van der Waals surface area contributed by atoms with Crippen LogP contribution in [0.3, 0.4) is 0 Å². The molecular weight excluding hydrogens is 997 g/mol. The van der Waals surface area contributed by atoms with Crippen LogP contribution < -0.4 is 9.80 Å². The number of para-hydroxylation sites is 4. The molecule has 0 aliphatic rings. The van der Waals surface area contributed by atoms with E-state index in [9.17, 15) is 0 Å². The van der Waals surface area contributed by atoms with Crippen molar-refractivity contribution in [3.05, 3.63) is 303 Å². The zero-order valence-electron chi connectivity index (χ0n) is 44.6. The molecule has 4 heteroatoms. The van der Waals surface area contributed by atoms with Gasteiger partial charge in [0.25, 0.3) is 0 Å². The maximum Gasteiger partial charge on any atom is 0.144 e. The monoisotopic (exact) mass is 1050 g/mol. The minimum Gasteiger partial charge on any atom is -0.455 e. The molecule has 2 aromatic heterocycles. The van der Waals surface area contributed by atoms with E-state index in [0.29, 0.717) is 0 Å². The molecule has 16 aromatic rings. The van der Waals surface area contributed by atoms with E-state index in [0.717, 1.165) is 133 Å². The van der Waals surface area contributed by atoms with Crippen LogP contribution in [0.2, 0.25) is 0 Å². The van der Waals surface area contributed by atoms with Crippen LogP contribution in [0.15, 0.2) is 312 Å². The maximum atomic E-state index is 7.67. The first-order valence-electron chi connectivity index (χ1n) is 28.0. The lowest BCUT2D eigenvalue weighted by molar-refractivity contribution is 0.670. The second kappa shape index (κ2) is 19.5. The molecule has 4 nitrogen and oxygen atoms in total. The van der Waals surface area contributed by atoms with Crippen molar-refractivity contribution in [1.29, 1.82) is 0 Å². The molecule has 14 aromatic carbocycles. The molecule has 0 aliphatic heterocycles. The first kappa shape index (κ1) is 47.1. The quantitative estimate of drug-likeness (QED) is 0.128. The second-order valence-electron chi connectivity index (χ2n) is 21.1. The highest BCUT2D eigenvalue weighted by Crippen LogP contribution is 2.54. The van der Waals surface area contributed by atoms with Crippen molar-refractivity contribution in [2.24, 2.45) is 0 Å². The summed E-state index contributed by atoms with van der Waals surface area (Å²) in [5.74, 6) is 0. The number of fused-ring (bicyclic) bond motifs is 12. The Balaban J connectivity index is 1.07. The summed E-state index contributed by atoms with van der Waals surface area (Å²) in [5.41, 5.74) is 18.2. The van der Waals surface area contributed by atoms with Gasteiger partial charge in [0.2, 0.25) is 0 Å². The maximum absolute atomic E-state index is 7.67. The molecule has 16 rings (SSSR count). The molecule has 0 radical (unpaired) electrons. The summed E-state index contributed by atoms with van der Waals surface area (Å²) in [6, 6.07) is 109. The van der Waals surface area contributed by atoms with Crippen LogP contribution in [-0.2, 0) is 0 Å². The normalized spacial score (nSPS) is 11.7. The standard InChI is InChI=1S/C78H50N2O2/c1-6-20-51(21-7-1)54-36-38-57(39-37-54)64-32-18-34-65-66-46-47-67-70(79(59-28-12-4-13-29-59)61-43-40-55(41-44-61)52-22-8-2-9-23-52)49-69-71(80(60-30-14-5-15-31-60)62-45-42-53-24-16-17-27-58(53)48-62)50-72-73(74(69)75(67)78(66)82-76(64)65)68-35-19-33-63(77(68)81-72)56-25-10-3-11-26-56/h1-50H. The van der Waals surface area contributed by atoms with Gasteiger partial charge in [-0.1, -0.05) is 237 Å². The van der Waals surface area contributed by atoms with Crippen LogP contribution in [0.4, 0.5) is 34.1 Å². The lowest BCUT2D eigenvalue weighted by atomic mass is 9.91. The molecule has 0 fully saturated rings. The molecule has 0 saturated carbocycles. The van der Waals surface area contributed by atoms with Crippen LogP contribution in [0, 0.1) is 0 Å². The highest BCUT2D eigenvalue weighted by Gasteiger charge is 2.29. The van der Waals surface area contributed by atoms with Crippen molar-refractivity contribution in [3.8, 4) is 44.5 Å². The number of nitrogens with zero attached hydrogens (tertiary/aromatic N) is 2. The van der Waals surface area contributed by atoms with E-state index in [1.807, 2.05) is 0 Å². The number of furan rings is 2. The highest BCUT2D eigenvalue weighted by molar-refractivity contribution is 6.37. The molecule has 0 spiro atoms. The van der Waals surface area contributed by atoms with Crippen LogP contribution in [0.1, 0.15) is 0 Å². The van der Waals surface area contributed by atoms with E-state index in [-0.39, 0.29) is 0 Å². The van der Waals surface area contributed by atoms with E-state index < -0.39 is 0 Å². The molecule has 0 saturated heterocycles. The highest BCUT2D eigenvalue weighted by atomic mass is 16.3. The van der Waals surface area contributed by atoms with Crippen LogP contribution >= 0.6 is 0 Å². The predicted octanol–water partition coefficient (Wildman–Crippen LogP) is 22.6. The number of hydrogen-bond acceptors (Lipinski definition) is 4. The SMILES string of the molecule is c1ccc(-c2ccc(-c3cccc4c3oc3c4ccc4c(N(c5ccccc5)c5ccc(-c6ccccc6)cc5)cc5c(N(c6ccccc6)c6ccc7ccccc7c6)cc6oc7c(-c8ccccc8)cccc7c6c5c43)cc2)cc1. The van der Waals surface area contributed by atoms with Crippen molar-refractivity contribution in [1.82, 2.24) is 0 Å². The summed E-state index contributed by atoms with van der Waals surface area (Å²) in [7, 11) is 0. The Morgan fingerprint density at radius 3 is 1.29 bits per heavy atom. The summed E-state index contributed by atoms with van der Waals surface area (Å²) in [4.78, 5) is 4.83. The van der Waals surface area contributed by atoms with Crippen molar-refractivity contribution < 1.29 is 8.83 Å². The number of anilines is 6. The Morgan fingerprint density at radius 1 is 0.220 bits per heavy atom. The van der Waals surface area contributed by atoms with Gasteiger partial charge in [0.15, 0.2) is 0 Å². The predicted molar refractivity (Wildman–Crippen MR) is 345 cm³/mol. The van der Waals surface area contributed by atoms with Gasteiger partial charge in [-0.25, -0.2) is 0 Å². The average molecular weight is 1050 g/mol. The average Bonchev–Trinajstić information content (AvgIpc) is 4.01. The first-order chi connectivity index (χ1) is 40.7. The fraction of sp³-hybridized carbons (Fsp3) is 0. The van der Waals surface area contributed by atoms with Gasteiger partial charge in [-0.2, -0.15) is 0 Å². The van der Waals surface area contributed by atoms with Gasteiger partial charge in [0, 0.05) is 83.0 Å². The zero-order chi connectivity index (χ0) is 54.1. The minimum atomic E-state index is 0.778. The zero-order valence-corrected chi connectivity index (χ0v) is 44.6. The Kier molecular flexibility index (Phi) is 11.2. The van der Waals surface area contributed by atoms with Gasteiger partial charge in [0.05, 0.1) is 11.4 Å². The van der Waals surface area contributed by atoms with Gasteiger partial charge in [-0.15, -0.1) is 0 Å². The van der Waals surface area contributed by atoms with Gasteiger partial charge in [0.1, 0.15) is 22.3 Å². The molecule has 0 unspecified atom stereocenters. The van der Waals surface area contributed by atoms with Crippen LogP contribution in [0.25, 0.3) is 121 Å². The molecule has 0 amide bonds. The second-order valence-corrected chi connectivity index (χ2v) is 21.1. The Bertz CT molecular complexity index is 5060. The number of hydrogen-bond donors (Lipinski definition) is 0. The summed E-state index contributed by atoms with van der Waals surface area (Å²) in [6.45, 7) is 0. The summed E-state index contributed by atoms with van der Waals surface area (Å²) in [6.07, 6.45) is 0. The van der Waals surface area contributed by atoms with Crippen LogP contribution in [-0.4, -0.2) is 0 Å².